The van der Waals surface area contributed by atoms with Crippen molar-refractivity contribution in [2.75, 3.05) is 26.4 Å². The van der Waals surface area contributed by atoms with Gasteiger partial charge < -0.3 is 14.6 Å². The molecule has 0 amide bonds. The molecule has 1 aliphatic heterocycles. The van der Waals surface area contributed by atoms with Crippen LogP contribution >= 0.6 is 0 Å². The number of carbonyl (C=O) groups is 1. The fourth-order valence-corrected chi connectivity index (χ4v) is 2.74. The molecule has 132 valence electrons. The van der Waals surface area contributed by atoms with Crippen LogP contribution in [0.1, 0.15) is 51.9 Å². The second-order valence-electron chi connectivity index (χ2n) is 6.23. The van der Waals surface area contributed by atoms with Crippen LogP contribution in [0.5, 0.6) is 0 Å². The zero-order valence-corrected chi connectivity index (χ0v) is 14.4. The van der Waals surface area contributed by atoms with Gasteiger partial charge in [-0.25, -0.2) is 4.79 Å². The van der Waals surface area contributed by atoms with Gasteiger partial charge in [0.05, 0.1) is 19.8 Å². The maximum absolute atomic E-state index is 10.3. The third-order valence-corrected chi connectivity index (χ3v) is 4.19. The maximum Gasteiger partial charge on any atom is 0.327 e. The molecular weight excluding hydrogens is 292 g/mol. The van der Waals surface area contributed by atoms with Crippen LogP contribution < -0.4 is 0 Å². The summed E-state index contributed by atoms with van der Waals surface area (Å²) in [7, 11) is 0. The first-order valence-electron chi connectivity index (χ1n) is 8.94. The molecule has 0 saturated carbocycles. The Morgan fingerprint density at radius 2 is 1.91 bits per heavy atom. The Morgan fingerprint density at radius 1 is 1.13 bits per heavy atom. The average Bonchev–Trinajstić information content (AvgIpc) is 2.97. The minimum atomic E-state index is -0.894. The highest BCUT2D eigenvalue weighted by molar-refractivity contribution is 5.79. The van der Waals surface area contributed by atoms with E-state index in [1.807, 2.05) is 6.08 Å². The van der Waals surface area contributed by atoms with Gasteiger partial charge in [-0.15, -0.1) is 0 Å². The van der Waals surface area contributed by atoms with E-state index in [9.17, 15) is 4.79 Å². The predicted octanol–water partition coefficient (Wildman–Crippen LogP) is 4.21. The number of hydrogen-bond donors (Lipinski definition) is 1. The third-order valence-electron chi connectivity index (χ3n) is 4.19. The topological polar surface area (TPSA) is 55.8 Å². The maximum atomic E-state index is 10.3. The van der Waals surface area contributed by atoms with Gasteiger partial charge in [0, 0.05) is 18.6 Å². The average molecular weight is 324 g/mol. The summed E-state index contributed by atoms with van der Waals surface area (Å²) in [6, 6.07) is 0. The number of allylic oxidation sites excluding steroid dienone is 3. The minimum Gasteiger partial charge on any atom is -0.478 e. The normalized spacial score (nSPS) is 21.6. The fraction of sp³-hybridized carbons (Fsp3) is 0.737. The molecule has 0 radical (unpaired) electrons. The van der Waals surface area contributed by atoms with Crippen molar-refractivity contribution < 1.29 is 19.4 Å². The van der Waals surface area contributed by atoms with Crippen molar-refractivity contribution >= 4 is 5.97 Å². The summed E-state index contributed by atoms with van der Waals surface area (Å²) in [5.41, 5.74) is 0. The summed E-state index contributed by atoms with van der Waals surface area (Å²) in [6.07, 6.45) is 15.0. The van der Waals surface area contributed by atoms with E-state index in [4.69, 9.17) is 14.6 Å². The lowest BCUT2D eigenvalue weighted by Gasteiger charge is -2.16. The smallest absolute Gasteiger partial charge is 0.327 e. The first-order valence-corrected chi connectivity index (χ1v) is 8.94. The van der Waals surface area contributed by atoms with Gasteiger partial charge in [-0.1, -0.05) is 50.8 Å². The monoisotopic (exact) mass is 324 g/mol. The van der Waals surface area contributed by atoms with Crippen molar-refractivity contribution in [3.05, 3.63) is 24.3 Å². The van der Waals surface area contributed by atoms with Crippen LogP contribution in [0.25, 0.3) is 0 Å². The zero-order chi connectivity index (χ0) is 16.8. The molecular formula is C19H32O4. The van der Waals surface area contributed by atoms with Crippen LogP contribution in [0, 0.1) is 11.8 Å². The van der Waals surface area contributed by atoms with Crippen molar-refractivity contribution in [2.24, 2.45) is 11.8 Å². The number of aliphatic carboxylic acids is 1. The van der Waals surface area contributed by atoms with Crippen molar-refractivity contribution in [3.63, 3.8) is 0 Å². The van der Waals surface area contributed by atoms with Gasteiger partial charge in [0.1, 0.15) is 0 Å². The van der Waals surface area contributed by atoms with Gasteiger partial charge in [0.2, 0.25) is 0 Å². The Labute approximate surface area is 140 Å². The van der Waals surface area contributed by atoms with E-state index in [1.165, 1.54) is 31.8 Å². The van der Waals surface area contributed by atoms with E-state index in [0.29, 0.717) is 18.3 Å². The summed E-state index contributed by atoms with van der Waals surface area (Å²) < 4.78 is 11.4. The van der Waals surface area contributed by atoms with Crippen molar-refractivity contribution in [2.45, 2.75) is 51.9 Å². The van der Waals surface area contributed by atoms with Gasteiger partial charge in [-0.2, -0.15) is 0 Å². The number of hydrogen-bond acceptors (Lipinski definition) is 3. The Hall–Kier alpha value is -1.13. The standard InChI is InChI=1S/C19H32O4/c1-2-3-4-7-10-13-22-15-18-16-23-14-17(18)11-8-5-6-9-12-19(20)21/h5,8-9,12,17-18H,2-4,6-7,10-11,13-16H2,1H3,(H,20,21)/b8-5?,12-9-/t17-,18+/m0/s1. The van der Waals surface area contributed by atoms with Crippen molar-refractivity contribution in [1.82, 2.24) is 0 Å². The molecule has 4 heteroatoms. The molecule has 4 nitrogen and oxygen atoms in total. The molecule has 0 spiro atoms. The second kappa shape index (κ2) is 13.3. The molecule has 1 heterocycles. The minimum absolute atomic E-state index is 0.491. The molecule has 1 rings (SSSR count). The SMILES string of the molecule is CCCCCCCOC[C@@H]1COC[C@@H]1CC=CC/C=C\C(=O)O. The van der Waals surface area contributed by atoms with E-state index < -0.39 is 5.97 Å². The molecule has 0 aromatic heterocycles. The number of carboxylic acids is 1. The molecule has 0 aromatic rings. The zero-order valence-electron chi connectivity index (χ0n) is 14.4. The van der Waals surface area contributed by atoms with E-state index in [2.05, 4.69) is 13.0 Å². The predicted molar refractivity (Wildman–Crippen MR) is 92.5 cm³/mol. The Kier molecular flexibility index (Phi) is 11.5. The van der Waals surface area contributed by atoms with E-state index in [-0.39, 0.29) is 0 Å². The van der Waals surface area contributed by atoms with E-state index >= 15 is 0 Å². The van der Waals surface area contributed by atoms with Gasteiger partial charge in [0.15, 0.2) is 0 Å². The number of rotatable bonds is 13. The highest BCUT2D eigenvalue weighted by Crippen LogP contribution is 2.24. The molecule has 1 saturated heterocycles. The largest absolute Gasteiger partial charge is 0.478 e. The summed E-state index contributed by atoms with van der Waals surface area (Å²) in [5, 5.41) is 8.50. The first kappa shape index (κ1) is 19.9. The Bertz CT molecular complexity index is 362. The summed E-state index contributed by atoms with van der Waals surface area (Å²) in [4.78, 5) is 10.3. The van der Waals surface area contributed by atoms with Gasteiger partial charge in [0.25, 0.3) is 0 Å². The van der Waals surface area contributed by atoms with E-state index in [1.54, 1.807) is 6.08 Å². The van der Waals surface area contributed by atoms with Gasteiger partial charge >= 0.3 is 5.97 Å². The molecule has 0 unspecified atom stereocenters. The molecule has 0 aliphatic carbocycles. The van der Waals surface area contributed by atoms with Crippen LogP contribution in [0.3, 0.4) is 0 Å². The quantitative estimate of drug-likeness (QED) is 0.313. The van der Waals surface area contributed by atoms with Crippen LogP contribution in [0.2, 0.25) is 0 Å². The van der Waals surface area contributed by atoms with Gasteiger partial charge in [-0.05, 0) is 25.2 Å². The lowest BCUT2D eigenvalue weighted by atomic mass is 9.93. The van der Waals surface area contributed by atoms with E-state index in [0.717, 1.165) is 39.3 Å². The Balaban J connectivity index is 2.09. The number of unbranched alkanes of at least 4 members (excludes halogenated alkanes) is 4. The molecule has 1 N–H and O–H groups in total. The first-order chi connectivity index (χ1) is 11.2. The summed E-state index contributed by atoms with van der Waals surface area (Å²) in [5.74, 6) is 0.120. The molecule has 1 aliphatic rings. The highest BCUT2D eigenvalue weighted by Gasteiger charge is 2.27. The molecule has 23 heavy (non-hydrogen) atoms. The molecule has 0 aromatic carbocycles. The van der Waals surface area contributed by atoms with Crippen molar-refractivity contribution in [1.29, 1.82) is 0 Å². The van der Waals surface area contributed by atoms with Crippen LogP contribution in [-0.4, -0.2) is 37.5 Å². The summed E-state index contributed by atoms with van der Waals surface area (Å²) >= 11 is 0. The molecule has 1 fully saturated rings. The molecule has 2 atom stereocenters. The Morgan fingerprint density at radius 3 is 2.70 bits per heavy atom. The molecule has 0 bridgehead atoms. The fourth-order valence-electron chi connectivity index (χ4n) is 2.74. The number of ether oxygens (including phenoxy) is 2. The third kappa shape index (κ3) is 10.3. The van der Waals surface area contributed by atoms with Crippen LogP contribution in [-0.2, 0) is 14.3 Å². The number of carboxylic acid groups (broad SMARTS) is 1. The van der Waals surface area contributed by atoms with Crippen LogP contribution in [0.4, 0.5) is 0 Å². The lowest BCUT2D eigenvalue weighted by Crippen LogP contribution is -2.18. The van der Waals surface area contributed by atoms with Crippen molar-refractivity contribution in [3.8, 4) is 0 Å². The van der Waals surface area contributed by atoms with Crippen LogP contribution in [0.15, 0.2) is 24.3 Å². The second-order valence-corrected chi connectivity index (χ2v) is 6.23. The summed E-state index contributed by atoms with van der Waals surface area (Å²) in [6.45, 7) is 5.49. The highest BCUT2D eigenvalue weighted by atomic mass is 16.5. The lowest BCUT2D eigenvalue weighted by molar-refractivity contribution is -0.131. The van der Waals surface area contributed by atoms with Gasteiger partial charge in [-0.3, -0.25) is 0 Å².